The van der Waals surface area contributed by atoms with Gasteiger partial charge in [-0.25, -0.2) is 4.98 Å². The molecule has 1 atom stereocenters. The van der Waals surface area contributed by atoms with Gasteiger partial charge in [0.1, 0.15) is 4.70 Å². The first-order chi connectivity index (χ1) is 9.56. The van der Waals surface area contributed by atoms with E-state index in [2.05, 4.69) is 10.3 Å². The van der Waals surface area contributed by atoms with Crippen molar-refractivity contribution in [3.63, 3.8) is 0 Å². The quantitative estimate of drug-likeness (QED) is 0.690. The van der Waals surface area contributed by atoms with E-state index in [1.165, 1.54) is 27.7 Å². The Balaban J connectivity index is 1.84. The molecule has 2 heterocycles. The van der Waals surface area contributed by atoms with Crippen LogP contribution >= 0.6 is 23.1 Å². The first-order valence-electron chi connectivity index (χ1n) is 6.47. The lowest BCUT2D eigenvalue weighted by molar-refractivity contribution is -0.120. The van der Waals surface area contributed by atoms with Crippen LogP contribution in [0.25, 0.3) is 10.2 Å². The zero-order valence-electron chi connectivity index (χ0n) is 11.3. The molecule has 1 N–H and O–H groups in total. The standard InChI is InChI=1S/C13H15N3O2S2/c1-7(11(17)14-8-3-4-8)20-13-15-9-5-6-19-10(9)12(18)16(13)2/h5-8H,3-4H2,1-2H3,(H,14,17). The largest absolute Gasteiger partial charge is 0.352 e. The van der Waals surface area contributed by atoms with E-state index in [9.17, 15) is 9.59 Å². The molecule has 20 heavy (non-hydrogen) atoms. The van der Waals surface area contributed by atoms with Crippen LogP contribution in [0.15, 0.2) is 21.4 Å². The molecular weight excluding hydrogens is 294 g/mol. The number of rotatable bonds is 4. The third kappa shape index (κ3) is 2.60. The highest BCUT2D eigenvalue weighted by atomic mass is 32.2. The fraction of sp³-hybridized carbons (Fsp3) is 0.462. The maximum absolute atomic E-state index is 12.2. The van der Waals surface area contributed by atoms with Gasteiger partial charge in [0, 0.05) is 13.1 Å². The Morgan fingerprint density at radius 2 is 2.35 bits per heavy atom. The third-order valence-corrected chi connectivity index (χ3v) is 5.26. The number of nitrogens with zero attached hydrogens (tertiary/aromatic N) is 2. The van der Waals surface area contributed by atoms with Crippen molar-refractivity contribution in [1.82, 2.24) is 14.9 Å². The number of fused-ring (bicyclic) bond motifs is 1. The summed E-state index contributed by atoms with van der Waals surface area (Å²) in [6, 6.07) is 2.18. The van der Waals surface area contributed by atoms with Crippen molar-refractivity contribution in [1.29, 1.82) is 0 Å². The van der Waals surface area contributed by atoms with Crippen LogP contribution in [0.3, 0.4) is 0 Å². The molecule has 0 spiro atoms. The van der Waals surface area contributed by atoms with Gasteiger partial charge in [0.25, 0.3) is 5.56 Å². The van der Waals surface area contributed by atoms with Crippen LogP contribution in [0.1, 0.15) is 19.8 Å². The second kappa shape index (κ2) is 5.21. The molecule has 0 bridgehead atoms. The Labute approximate surface area is 124 Å². The zero-order valence-corrected chi connectivity index (χ0v) is 12.9. The number of hydrogen-bond acceptors (Lipinski definition) is 5. The van der Waals surface area contributed by atoms with Crippen LogP contribution in [-0.4, -0.2) is 26.8 Å². The Morgan fingerprint density at radius 1 is 1.60 bits per heavy atom. The molecule has 2 aromatic heterocycles. The van der Waals surface area contributed by atoms with Gasteiger partial charge >= 0.3 is 0 Å². The Bertz CT molecular complexity index is 718. The third-order valence-electron chi connectivity index (χ3n) is 3.22. The molecule has 106 valence electrons. The van der Waals surface area contributed by atoms with Crippen molar-refractivity contribution in [2.75, 3.05) is 0 Å². The summed E-state index contributed by atoms with van der Waals surface area (Å²) < 4.78 is 2.18. The number of carbonyl (C=O) groups is 1. The van der Waals surface area contributed by atoms with Gasteiger partial charge in [0.15, 0.2) is 5.16 Å². The maximum Gasteiger partial charge on any atom is 0.271 e. The lowest BCUT2D eigenvalue weighted by Gasteiger charge is -2.13. The van der Waals surface area contributed by atoms with Crippen LogP contribution in [-0.2, 0) is 11.8 Å². The molecule has 1 amide bonds. The van der Waals surface area contributed by atoms with Crippen LogP contribution in [0.5, 0.6) is 0 Å². The molecule has 2 aromatic rings. The molecule has 1 fully saturated rings. The molecule has 1 saturated carbocycles. The maximum atomic E-state index is 12.2. The van der Waals surface area contributed by atoms with Gasteiger partial charge in [0.05, 0.1) is 10.8 Å². The number of thioether (sulfide) groups is 1. The summed E-state index contributed by atoms with van der Waals surface area (Å²) in [6.45, 7) is 1.84. The Hall–Kier alpha value is -1.34. The van der Waals surface area contributed by atoms with E-state index in [-0.39, 0.29) is 16.7 Å². The summed E-state index contributed by atoms with van der Waals surface area (Å²) >= 11 is 2.72. The molecule has 0 aromatic carbocycles. The second-order valence-electron chi connectivity index (χ2n) is 4.94. The van der Waals surface area contributed by atoms with Crippen LogP contribution in [0.2, 0.25) is 0 Å². The molecule has 1 unspecified atom stereocenters. The number of nitrogens with one attached hydrogen (secondary N) is 1. The highest BCUT2D eigenvalue weighted by Crippen LogP contribution is 2.25. The van der Waals surface area contributed by atoms with Crippen molar-refractivity contribution in [2.45, 2.75) is 36.2 Å². The molecule has 1 aliphatic rings. The number of amides is 1. The zero-order chi connectivity index (χ0) is 14.3. The normalized spacial score (nSPS) is 16.3. The molecule has 5 nitrogen and oxygen atoms in total. The van der Waals surface area contributed by atoms with Crippen molar-refractivity contribution in [2.24, 2.45) is 7.05 Å². The van der Waals surface area contributed by atoms with Gasteiger partial charge in [-0.05, 0) is 31.2 Å². The van der Waals surface area contributed by atoms with Crippen molar-refractivity contribution in [3.05, 3.63) is 21.8 Å². The van der Waals surface area contributed by atoms with Gasteiger partial charge in [-0.15, -0.1) is 11.3 Å². The van der Waals surface area contributed by atoms with Crippen LogP contribution < -0.4 is 10.9 Å². The highest BCUT2D eigenvalue weighted by molar-refractivity contribution is 8.00. The van der Waals surface area contributed by atoms with E-state index in [0.717, 1.165) is 12.8 Å². The molecule has 7 heteroatoms. The lowest BCUT2D eigenvalue weighted by Crippen LogP contribution is -2.33. The van der Waals surface area contributed by atoms with E-state index in [1.54, 1.807) is 7.05 Å². The van der Waals surface area contributed by atoms with E-state index < -0.39 is 0 Å². The first-order valence-corrected chi connectivity index (χ1v) is 8.23. The summed E-state index contributed by atoms with van der Waals surface area (Å²) in [6.07, 6.45) is 2.14. The van der Waals surface area contributed by atoms with Gasteiger partial charge < -0.3 is 5.32 Å². The van der Waals surface area contributed by atoms with Gasteiger partial charge in [0.2, 0.25) is 5.91 Å². The number of carbonyl (C=O) groups excluding carboxylic acids is 1. The van der Waals surface area contributed by atoms with Crippen molar-refractivity contribution >= 4 is 39.2 Å². The number of thiophene rings is 1. The first kappa shape index (κ1) is 13.6. The summed E-state index contributed by atoms with van der Waals surface area (Å²) in [5.74, 6) is 0.0113. The fourth-order valence-corrected chi connectivity index (χ4v) is 3.52. The van der Waals surface area contributed by atoms with Crippen LogP contribution in [0.4, 0.5) is 0 Å². The lowest BCUT2D eigenvalue weighted by atomic mass is 10.4. The predicted molar refractivity (Wildman–Crippen MR) is 81.3 cm³/mol. The van der Waals surface area contributed by atoms with Crippen LogP contribution in [0, 0.1) is 0 Å². The molecule has 0 saturated heterocycles. The Kier molecular flexibility index (Phi) is 3.55. The topological polar surface area (TPSA) is 64.0 Å². The van der Waals surface area contributed by atoms with Gasteiger partial charge in [-0.3, -0.25) is 14.2 Å². The average Bonchev–Trinajstić information content (AvgIpc) is 3.10. The van der Waals surface area contributed by atoms with Gasteiger partial charge in [-0.1, -0.05) is 11.8 Å². The average molecular weight is 309 g/mol. The molecule has 1 aliphatic carbocycles. The number of hydrogen-bond donors (Lipinski definition) is 1. The van der Waals surface area contributed by atoms with Crippen molar-refractivity contribution in [3.8, 4) is 0 Å². The van der Waals surface area contributed by atoms with E-state index in [0.29, 0.717) is 21.4 Å². The minimum absolute atomic E-state index is 0.0113. The minimum atomic E-state index is -0.259. The minimum Gasteiger partial charge on any atom is -0.352 e. The summed E-state index contributed by atoms with van der Waals surface area (Å²) in [7, 11) is 1.70. The summed E-state index contributed by atoms with van der Waals surface area (Å²) in [5.41, 5.74) is 0.651. The molecule has 0 radical (unpaired) electrons. The van der Waals surface area contributed by atoms with E-state index >= 15 is 0 Å². The second-order valence-corrected chi connectivity index (χ2v) is 7.16. The summed E-state index contributed by atoms with van der Waals surface area (Å²) in [5, 5.41) is 5.15. The van der Waals surface area contributed by atoms with E-state index in [1.807, 2.05) is 18.4 Å². The van der Waals surface area contributed by atoms with E-state index in [4.69, 9.17) is 0 Å². The fourth-order valence-electron chi connectivity index (χ4n) is 1.83. The number of aromatic nitrogens is 2. The monoisotopic (exact) mass is 309 g/mol. The molecular formula is C13H15N3O2S2. The predicted octanol–water partition coefficient (Wildman–Crippen LogP) is 1.75. The molecule has 0 aliphatic heterocycles. The highest BCUT2D eigenvalue weighted by Gasteiger charge is 2.26. The summed E-state index contributed by atoms with van der Waals surface area (Å²) in [4.78, 5) is 28.6. The van der Waals surface area contributed by atoms with Gasteiger partial charge in [-0.2, -0.15) is 0 Å². The SMILES string of the molecule is CC(Sc1nc2ccsc2c(=O)n1C)C(=O)NC1CC1. The van der Waals surface area contributed by atoms with Crippen molar-refractivity contribution < 1.29 is 4.79 Å². The molecule has 3 rings (SSSR count). The smallest absolute Gasteiger partial charge is 0.271 e. The Morgan fingerprint density at radius 3 is 3.05 bits per heavy atom.